The zero-order valence-corrected chi connectivity index (χ0v) is 38.2. The van der Waals surface area contributed by atoms with Crippen molar-refractivity contribution < 1.29 is 0 Å². The van der Waals surface area contributed by atoms with Crippen molar-refractivity contribution in [1.29, 1.82) is 0 Å². The molecule has 0 radical (unpaired) electrons. The zero-order chi connectivity index (χ0) is 45.7. The summed E-state index contributed by atoms with van der Waals surface area (Å²) < 4.78 is 2.42. The lowest BCUT2D eigenvalue weighted by Crippen LogP contribution is -2.30. The van der Waals surface area contributed by atoms with E-state index in [-0.39, 0.29) is 0 Å². The van der Waals surface area contributed by atoms with Crippen LogP contribution in [0.4, 0.5) is 11.4 Å². The molecule has 2 nitrogen and oxygen atoms in total. The van der Waals surface area contributed by atoms with E-state index >= 15 is 0 Å². The van der Waals surface area contributed by atoms with Crippen molar-refractivity contribution in [2.45, 2.75) is 18.3 Å². The topological polar surface area (TPSA) is 17.0 Å². The van der Waals surface area contributed by atoms with Crippen LogP contribution in [0, 0.1) is 0 Å². The van der Waals surface area contributed by atoms with E-state index in [1.807, 2.05) is 0 Å². The maximum Gasteiger partial charge on any atom is 0.0716 e. The molecule has 0 saturated carbocycles. The molecule has 0 aliphatic heterocycles. The lowest BCUT2D eigenvalue weighted by Gasteiger charge is -2.37. The van der Waals surface area contributed by atoms with Crippen LogP contribution >= 0.6 is 0 Å². The summed E-state index contributed by atoms with van der Waals surface area (Å²) in [6.45, 7) is 0. The number of para-hydroxylation sites is 1. The van der Waals surface area contributed by atoms with E-state index in [1.54, 1.807) is 0 Å². The van der Waals surface area contributed by atoms with E-state index in [2.05, 4.69) is 271 Å². The molecule has 0 bridgehead atoms. The summed E-state index contributed by atoms with van der Waals surface area (Å²) in [5.74, 6) is 0. The van der Waals surface area contributed by atoms with Crippen molar-refractivity contribution in [3.8, 4) is 61.3 Å². The third-order valence-corrected chi connectivity index (χ3v) is 14.5. The Labute approximate surface area is 403 Å². The predicted molar refractivity (Wildman–Crippen MR) is 290 cm³/mol. The minimum absolute atomic E-state index is 0.528. The van der Waals surface area contributed by atoms with Crippen LogP contribution in [0.2, 0.25) is 0 Å². The molecule has 0 spiro atoms. The molecule has 10 aromatic carbocycles. The molecular formula is C67H48N2. The number of rotatable bonds is 9. The van der Waals surface area contributed by atoms with Gasteiger partial charge in [0.25, 0.3) is 0 Å². The van der Waals surface area contributed by atoms with Crippen LogP contribution in [0.15, 0.2) is 266 Å². The van der Waals surface area contributed by atoms with Crippen molar-refractivity contribution >= 4 is 33.2 Å². The van der Waals surface area contributed by atoms with Gasteiger partial charge in [0.05, 0.1) is 16.4 Å². The highest BCUT2D eigenvalue weighted by atomic mass is 15.0. The fourth-order valence-electron chi connectivity index (χ4n) is 11.4. The van der Waals surface area contributed by atoms with Crippen LogP contribution in [0.25, 0.3) is 83.1 Å². The molecule has 1 N–H and O–H groups in total. The summed E-state index contributed by atoms with van der Waals surface area (Å²) in [6.07, 6.45) is 9.31. The van der Waals surface area contributed by atoms with Gasteiger partial charge in [-0.3, -0.25) is 0 Å². The van der Waals surface area contributed by atoms with Gasteiger partial charge in [-0.25, -0.2) is 0 Å². The number of fused-ring (bicyclic) bond motifs is 6. The molecule has 2 aliphatic rings. The Hall–Kier alpha value is -8.72. The molecule has 2 aliphatic carbocycles. The van der Waals surface area contributed by atoms with Crippen LogP contribution in [-0.4, -0.2) is 4.57 Å². The van der Waals surface area contributed by atoms with Crippen LogP contribution in [0.5, 0.6) is 0 Å². The van der Waals surface area contributed by atoms with Crippen molar-refractivity contribution in [2.24, 2.45) is 0 Å². The molecule has 1 atom stereocenters. The second-order valence-corrected chi connectivity index (χ2v) is 18.4. The standard InChI is InChI=1S/C67H48N2/c1-5-20-46(21-6-1)48-24-17-30-54(42-48)68-63-40-38-50(51-39-41-65-61(45-51)57-33-14-16-37-64(57)69(65)55-31-18-25-49(43-55)47-22-7-2-8-23-47)44-60(63)59-35-19-34-58-56-32-13-15-36-62(56)67(66(58)59,52-26-9-3-10-27-52)53-28-11-4-12-29-53/h1-3,5-11,13-45,68H,4,12H2. The molecule has 326 valence electrons. The molecule has 2 heteroatoms. The summed E-state index contributed by atoms with van der Waals surface area (Å²) in [7, 11) is 0. The Bertz CT molecular complexity index is 3800. The first-order valence-corrected chi connectivity index (χ1v) is 24.1. The van der Waals surface area contributed by atoms with Crippen molar-refractivity contribution in [3.63, 3.8) is 0 Å². The molecule has 1 aromatic heterocycles. The van der Waals surface area contributed by atoms with Gasteiger partial charge in [-0.05, 0) is 140 Å². The molecule has 69 heavy (non-hydrogen) atoms. The SMILES string of the molecule is C1=CC(C2(c3ccccc3)c3ccccc3-c3cccc(-c4cc(-c5ccc6c(c5)c5ccccc5n6-c5cccc(-c6ccccc6)c5)ccc4Nc4cccc(-c5ccccc5)c4)c32)=CCC1. The fraction of sp³-hybridized carbons (Fsp3) is 0.0448. The normalized spacial score (nSPS) is 14.9. The minimum atomic E-state index is -0.528. The van der Waals surface area contributed by atoms with E-state index in [9.17, 15) is 0 Å². The highest BCUT2D eigenvalue weighted by Gasteiger charge is 2.48. The summed E-state index contributed by atoms with van der Waals surface area (Å²) in [4.78, 5) is 0. The third kappa shape index (κ3) is 6.79. The summed E-state index contributed by atoms with van der Waals surface area (Å²) in [5.41, 5.74) is 22.4. The van der Waals surface area contributed by atoms with E-state index in [1.165, 1.54) is 88.6 Å². The summed E-state index contributed by atoms with van der Waals surface area (Å²) in [6, 6.07) is 89.2. The van der Waals surface area contributed by atoms with Crippen LogP contribution in [-0.2, 0) is 5.41 Å². The van der Waals surface area contributed by atoms with E-state index in [0.29, 0.717) is 0 Å². The van der Waals surface area contributed by atoms with Gasteiger partial charge in [-0.1, -0.05) is 206 Å². The second-order valence-electron chi connectivity index (χ2n) is 18.4. The third-order valence-electron chi connectivity index (χ3n) is 14.5. The average Bonchev–Trinajstić information content (AvgIpc) is 3.93. The van der Waals surface area contributed by atoms with E-state index in [4.69, 9.17) is 0 Å². The first-order valence-electron chi connectivity index (χ1n) is 24.1. The fourth-order valence-corrected chi connectivity index (χ4v) is 11.4. The quantitative estimate of drug-likeness (QED) is 0.153. The Kier molecular flexibility index (Phi) is 9.91. The first-order chi connectivity index (χ1) is 34.2. The van der Waals surface area contributed by atoms with E-state index in [0.717, 1.165) is 41.0 Å². The molecular weight excluding hydrogens is 833 g/mol. The summed E-state index contributed by atoms with van der Waals surface area (Å²) in [5, 5.41) is 6.44. The molecule has 11 aromatic rings. The number of allylic oxidation sites excluding steroid dienone is 4. The molecule has 1 unspecified atom stereocenters. The molecule has 0 saturated heterocycles. The maximum absolute atomic E-state index is 3.98. The van der Waals surface area contributed by atoms with Crippen molar-refractivity contribution in [3.05, 3.63) is 283 Å². The van der Waals surface area contributed by atoms with Gasteiger partial charge in [0, 0.05) is 33.4 Å². The largest absolute Gasteiger partial charge is 0.355 e. The number of anilines is 2. The highest BCUT2D eigenvalue weighted by molar-refractivity contribution is 6.11. The van der Waals surface area contributed by atoms with Crippen LogP contribution in [0.1, 0.15) is 29.5 Å². The highest BCUT2D eigenvalue weighted by Crippen LogP contribution is 2.60. The Morgan fingerprint density at radius 3 is 1.77 bits per heavy atom. The number of hydrogen-bond acceptors (Lipinski definition) is 1. The van der Waals surface area contributed by atoms with Crippen LogP contribution in [0.3, 0.4) is 0 Å². The van der Waals surface area contributed by atoms with Gasteiger partial charge in [-0.2, -0.15) is 0 Å². The smallest absolute Gasteiger partial charge is 0.0716 e. The van der Waals surface area contributed by atoms with Gasteiger partial charge in [0.2, 0.25) is 0 Å². The summed E-state index contributed by atoms with van der Waals surface area (Å²) >= 11 is 0. The average molecular weight is 881 g/mol. The monoisotopic (exact) mass is 880 g/mol. The van der Waals surface area contributed by atoms with E-state index < -0.39 is 5.41 Å². The molecule has 0 fully saturated rings. The maximum atomic E-state index is 3.98. The minimum Gasteiger partial charge on any atom is -0.355 e. The Morgan fingerprint density at radius 2 is 0.986 bits per heavy atom. The van der Waals surface area contributed by atoms with Crippen molar-refractivity contribution in [2.75, 3.05) is 5.32 Å². The van der Waals surface area contributed by atoms with Crippen molar-refractivity contribution in [1.82, 2.24) is 4.57 Å². The number of nitrogens with zero attached hydrogens (tertiary/aromatic N) is 1. The number of nitrogens with one attached hydrogen (secondary N) is 1. The zero-order valence-electron chi connectivity index (χ0n) is 38.2. The predicted octanol–water partition coefficient (Wildman–Crippen LogP) is 17.8. The number of benzene rings is 10. The Balaban J connectivity index is 1.03. The molecule has 13 rings (SSSR count). The lowest BCUT2D eigenvalue weighted by atomic mass is 9.64. The van der Waals surface area contributed by atoms with Gasteiger partial charge >= 0.3 is 0 Å². The Morgan fingerprint density at radius 1 is 0.391 bits per heavy atom. The van der Waals surface area contributed by atoms with Gasteiger partial charge in [0.15, 0.2) is 0 Å². The first kappa shape index (κ1) is 40.5. The van der Waals surface area contributed by atoms with Crippen LogP contribution < -0.4 is 5.32 Å². The second kappa shape index (κ2) is 16.9. The lowest BCUT2D eigenvalue weighted by molar-refractivity contribution is 0.753. The molecule has 1 heterocycles. The van der Waals surface area contributed by atoms with Gasteiger partial charge in [0.1, 0.15) is 0 Å². The van der Waals surface area contributed by atoms with Gasteiger partial charge in [-0.15, -0.1) is 0 Å². The van der Waals surface area contributed by atoms with Gasteiger partial charge < -0.3 is 9.88 Å². The number of hydrogen-bond donors (Lipinski definition) is 1. The molecule has 0 amide bonds. The number of aromatic nitrogens is 1.